The third kappa shape index (κ3) is 3.77. The van der Waals surface area contributed by atoms with Gasteiger partial charge in [-0.25, -0.2) is 0 Å². The van der Waals surface area contributed by atoms with Gasteiger partial charge in [-0.05, 0) is 48.9 Å². The second-order valence-corrected chi connectivity index (χ2v) is 9.97. The normalized spacial score (nSPS) is 21.5. The van der Waals surface area contributed by atoms with Crippen LogP contribution in [0.3, 0.4) is 0 Å². The highest BCUT2D eigenvalue weighted by molar-refractivity contribution is 6.07. The molecule has 0 bridgehead atoms. The third-order valence-electron chi connectivity index (χ3n) is 6.80. The fourth-order valence-electron chi connectivity index (χ4n) is 5.10. The summed E-state index contributed by atoms with van der Waals surface area (Å²) in [6.07, 6.45) is 2.92. The number of rotatable bonds is 4. The summed E-state index contributed by atoms with van der Waals surface area (Å²) in [7, 11) is 3.21. The summed E-state index contributed by atoms with van der Waals surface area (Å²) in [6, 6.07) is 12.8. The van der Waals surface area contributed by atoms with Crippen LogP contribution >= 0.6 is 0 Å². The van der Waals surface area contributed by atoms with E-state index in [0.29, 0.717) is 23.5 Å². The maximum Gasteiger partial charge on any atom is 0.231 e. The van der Waals surface area contributed by atoms with Crippen LogP contribution in [-0.4, -0.2) is 25.9 Å². The molecule has 1 N–H and O–H groups in total. The highest BCUT2D eigenvalue weighted by Gasteiger charge is 2.46. The highest BCUT2D eigenvalue weighted by atomic mass is 16.5. The monoisotopic (exact) mass is 446 g/mol. The number of Topliss-reactive ketones (excluding diaryl/α,β-unsaturated/α-hetero) is 1. The Labute approximate surface area is 194 Å². The molecule has 1 heterocycles. The Kier molecular flexibility index (Phi) is 5.19. The number of benzene rings is 2. The fourth-order valence-corrected chi connectivity index (χ4v) is 5.10. The Morgan fingerprint density at radius 2 is 1.82 bits per heavy atom. The molecule has 172 valence electrons. The van der Waals surface area contributed by atoms with Gasteiger partial charge < -0.3 is 14.8 Å². The number of carbonyl (C=O) groups excluding carboxylic acids is 2. The van der Waals surface area contributed by atoms with E-state index in [9.17, 15) is 9.59 Å². The molecule has 2 aliphatic carbocycles. The first-order valence-electron chi connectivity index (χ1n) is 11.5. The van der Waals surface area contributed by atoms with E-state index >= 15 is 0 Å². The van der Waals surface area contributed by atoms with Gasteiger partial charge in [-0.1, -0.05) is 26.0 Å². The van der Waals surface area contributed by atoms with E-state index in [-0.39, 0.29) is 23.0 Å². The highest BCUT2D eigenvalue weighted by Crippen LogP contribution is 2.51. The number of nitrogens with one attached hydrogen (secondary N) is 1. The van der Waals surface area contributed by atoms with E-state index in [1.54, 1.807) is 14.2 Å². The standard InChI is InChI=1S/C27H30N2O4/c1-27(2)14-20-24(22(30)15-27)25(18-12-11-17(32-3)13-23(18)33-4)29(26(31)16-9-10-16)21-8-6-5-7-19(21)28-20/h5-8,11-13,16,25,28H,9-10,14-15H2,1-4H3. The van der Waals surface area contributed by atoms with Gasteiger partial charge >= 0.3 is 0 Å². The van der Waals surface area contributed by atoms with Crippen LogP contribution in [0.2, 0.25) is 0 Å². The lowest BCUT2D eigenvalue weighted by atomic mass is 9.73. The summed E-state index contributed by atoms with van der Waals surface area (Å²) in [5.74, 6) is 1.36. The van der Waals surface area contributed by atoms with Crippen molar-refractivity contribution >= 4 is 23.1 Å². The van der Waals surface area contributed by atoms with Gasteiger partial charge in [0.2, 0.25) is 5.91 Å². The van der Waals surface area contributed by atoms with Crippen LogP contribution in [0.5, 0.6) is 11.5 Å². The van der Waals surface area contributed by atoms with Crippen LogP contribution < -0.4 is 19.7 Å². The number of carbonyl (C=O) groups is 2. The number of ether oxygens (including phenoxy) is 2. The minimum absolute atomic E-state index is 0.0120. The zero-order chi connectivity index (χ0) is 23.3. The lowest BCUT2D eigenvalue weighted by Crippen LogP contribution is -2.40. The van der Waals surface area contributed by atoms with Gasteiger partial charge in [-0.2, -0.15) is 0 Å². The molecule has 2 aromatic rings. The van der Waals surface area contributed by atoms with Gasteiger partial charge in [0.15, 0.2) is 5.78 Å². The van der Waals surface area contributed by atoms with Gasteiger partial charge in [0.25, 0.3) is 0 Å². The van der Waals surface area contributed by atoms with Crippen LogP contribution in [-0.2, 0) is 9.59 Å². The van der Waals surface area contributed by atoms with Gasteiger partial charge in [-0.3, -0.25) is 14.5 Å². The maximum atomic E-state index is 13.8. The molecule has 6 heteroatoms. The first-order chi connectivity index (χ1) is 15.8. The van der Waals surface area contributed by atoms with Crippen LogP contribution in [0.15, 0.2) is 53.7 Å². The number of hydrogen-bond acceptors (Lipinski definition) is 5. The molecular formula is C27H30N2O4. The molecule has 1 amide bonds. The third-order valence-corrected chi connectivity index (χ3v) is 6.80. The quantitative estimate of drug-likeness (QED) is 0.694. The fraction of sp³-hybridized carbons (Fsp3) is 0.407. The summed E-state index contributed by atoms with van der Waals surface area (Å²) < 4.78 is 11.2. The van der Waals surface area contributed by atoms with Gasteiger partial charge in [0.05, 0.1) is 31.6 Å². The molecule has 3 aliphatic rings. The number of fused-ring (bicyclic) bond motifs is 1. The Morgan fingerprint density at radius 1 is 1.06 bits per heavy atom. The molecular weight excluding hydrogens is 416 g/mol. The summed E-state index contributed by atoms with van der Waals surface area (Å²) in [4.78, 5) is 29.3. The Balaban J connectivity index is 1.79. The molecule has 1 saturated carbocycles. The number of nitrogens with zero attached hydrogens (tertiary/aromatic N) is 1. The second-order valence-electron chi connectivity index (χ2n) is 9.97. The average Bonchev–Trinajstić information content (AvgIpc) is 3.63. The predicted octanol–water partition coefficient (Wildman–Crippen LogP) is 5.26. The number of amides is 1. The topological polar surface area (TPSA) is 67.9 Å². The lowest BCUT2D eigenvalue weighted by Gasteiger charge is -2.37. The Morgan fingerprint density at radius 3 is 2.52 bits per heavy atom. The van der Waals surface area contributed by atoms with Crippen molar-refractivity contribution in [2.24, 2.45) is 11.3 Å². The summed E-state index contributed by atoms with van der Waals surface area (Å²) in [6.45, 7) is 4.23. The van der Waals surface area contributed by atoms with Crippen molar-refractivity contribution in [2.75, 3.05) is 24.4 Å². The molecule has 1 atom stereocenters. The number of methoxy groups -OCH3 is 2. The van der Waals surface area contributed by atoms with Crippen LogP contribution in [0.25, 0.3) is 0 Å². The van der Waals surface area contributed by atoms with Crippen molar-refractivity contribution in [1.82, 2.24) is 0 Å². The number of ketones is 1. The average molecular weight is 447 g/mol. The molecule has 0 spiro atoms. The number of anilines is 2. The Hall–Kier alpha value is -3.28. The molecule has 5 rings (SSSR count). The molecule has 1 unspecified atom stereocenters. The minimum Gasteiger partial charge on any atom is -0.497 e. The summed E-state index contributed by atoms with van der Waals surface area (Å²) in [5.41, 5.74) is 3.80. The molecule has 1 fully saturated rings. The molecule has 1 aliphatic heterocycles. The molecule has 2 aromatic carbocycles. The van der Waals surface area contributed by atoms with E-state index in [1.807, 2.05) is 47.4 Å². The number of para-hydroxylation sites is 2. The minimum atomic E-state index is -0.575. The van der Waals surface area contributed by atoms with Crippen molar-refractivity contribution < 1.29 is 19.1 Å². The second kappa shape index (κ2) is 7.94. The maximum absolute atomic E-state index is 13.8. The first kappa shape index (κ1) is 21.6. The zero-order valence-electron chi connectivity index (χ0n) is 19.6. The SMILES string of the molecule is COc1ccc(C2C3=C(CC(C)(C)CC3=O)Nc3ccccc3N2C(=O)C2CC2)c(OC)c1. The van der Waals surface area contributed by atoms with Gasteiger partial charge in [0.1, 0.15) is 11.5 Å². The van der Waals surface area contributed by atoms with Crippen molar-refractivity contribution in [3.8, 4) is 11.5 Å². The van der Waals surface area contributed by atoms with Gasteiger partial charge in [-0.15, -0.1) is 0 Å². The van der Waals surface area contributed by atoms with Crippen molar-refractivity contribution in [1.29, 1.82) is 0 Å². The smallest absolute Gasteiger partial charge is 0.231 e. The van der Waals surface area contributed by atoms with Crippen molar-refractivity contribution in [2.45, 2.75) is 45.6 Å². The lowest BCUT2D eigenvalue weighted by molar-refractivity contribution is -0.120. The van der Waals surface area contributed by atoms with E-state index in [4.69, 9.17) is 9.47 Å². The van der Waals surface area contributed by atoms with Crippen LogP contribution in [0, 0.1) is 11.3 Å². The molecule has 6 nitrogen and oxygen atoms in total. The largest absolute Gasteiger partial charge is 0.497 e. The van der Waals surface area contributed by atoms with E-state index in [1.165, 1.54) is 0 Å². The summed E-state index contributed by atoms with van der Waals surface area (Å²) in [5, 5.41) is 3.55. The molecule has 0 aromatic heterocycles. The van der Waals surface area contributed by atoms with E-state index in [0.717, 1.165) is 41.9 Å². The number of hydrogen-bond donors (Lipinski definition) is 1. The summed E-state index contributed by atoms with van der Waals surface area (Å²) >= 11 is 0. The predicted molar refractivity (Wildman–Crippen MR) is 128 cm³/mol. The van der Waals surface area contributed by atoms with Crippen LogP contribution in [0.4, 0.5) is 11.4 Å². The van der Waals surface area contributed by atoms with E-state index in [2.05, 4.69) is 19.2 Å². The zero-order valence-corrected chi connectivity index (χ0v) is 19.6. The van der Waals surface area contributed by atoms with Crippen molar-refractivity contribution in [3.63, 3.8) is 0 Å². The molecule has 0 saturated heterocycles. The molecule has 33 heavy (non-hydrogen) atoms. The van der Waals surface area contributed by atoms with Crippen molar-refractivity contribution in [3.05, 3.63) is 59.3 Å². The van der Waals surface area contributed by atoms with Crippen LogP contribution in [0.1, 0.15) is 51.1 Å². The van der Waals surface area contributed by atoms with E-state index < -0.39 is 6.04 Å². The van der Waals surface area contributed by atoms with Gasteiger partial charge in [0, 0.05) is 35.2 Å². The Bertz CT molecular complexity index is 1160. The first-order valence-corrected chi connectivity index (χ1v) is 11.5. The molecule has 0 radical (unpaired) electrons. The number of allylic oxidation sites excluding steroid dienone is 1.